The van der Waals surface area contributed by atoms with E-state index in [0.29, 0.717) is 24.3 Å². The lowest BCUT2D eigenvalue weighted by molar-refractivity contribution is 0.104. The van der Waals surface area contributed by atoms with Gasteiger partial charge in [-0.25, -0.2) is 0 Å². The minimum absolute atomic E-state index is 0.117. The second-order valence-electron chi connectivity index (χ2n) is 5.76. The number of phenols is 1. The van der Waals surface area contributed by atoms with E-state index >= 15 is 0 Å². The average Bonchev–Trinajstić information content (AvgIpc) is 2.67. The Morgan fingerprint density at radius 2 is 1.96 bits per heavy atom. The number of allylic oxidation sites excluding steroid dienone is 1. The van der Waals surface area contributed by atoms with Crippen molar-refractivity contribution in [2.24, 2.45) is 0 Å². The van der Waals surface area contributed by atoms with Gasteiger partial charge in [0.05, 0.1) is 6.10 Å². The van der Waals surface area contributed by atoms with Crippen LogP contribution < -0.4 is 4.74 Å². The van der Waals surface area contributed by atoms with Crippen LogP contribution in [0.15, 0.2) is 54.1 Å². The van der Waals surface area contributed by atoms with Crippen molar-refractivity contribution in [2.75, 3.05) is 6.61 Å². The lowest BCUT2D eigenvalue weighted by Crippen LogP contribution is -2.04. The van der Waals surface area contributed by atoms with Crippen molar-refractivity contribution < 1.29 is 19.7 Å². The molecule has 1 aliphatic rings. The number of hydrogen-bond donors (Lipinski definition) is 2. The summed E-state index contributed by atoms with van der Waals surface area (Å²) in [5.41, 5.74) is 2.50. The van der Waals surface area contributed by atoms with Crippen molar-refractivity contribution in [2.45, 2.75) is 19.4 Å². The summed E-state index contributed by atoms with van der Waals surface area (Å²) in [6.07, 6.45) is 1.12. The number of phenolic OH excluding ortho intramolecular Hbond substituents is 1. The number of benzene rings is 2. The molecule has 2 N–H and O–H groups in total. The predicted molar refractivity (Wildman–Crippen MR) is 86.8 cm³/mol. The molecule has 0 fully saturated rings. The summed E-state index contributed by atoms with van der Waals surface area (Å²) in [7, 11) is 0. The van der Waals surface area contributed by atoms with Crippen molar-refractivity contribution >= 4 is 5.78 Å². The van der Waals surface area contributed by atoms with Crippen LogP contribution in [0, 0.1) is 0 Å². The van der Waals surface area contributed by atoms with Crippen LogP contribution in [0.25, 0.3) is 0 Å². The predicted octanol–water partition coefficient (Wildman–Crippen LogP) is 3.19. The monoisotopic (exact) mass is 310 g/mol. The summed E-state index contributed by atoms with van der Waals surface area (Å²) in [6.45, 7) is 2.11. The third-order valence-corrected chi connectivity index (χ3v) is 3.83. The number of carbonyl (C=O) groups is 1. The molecule has 4 heteroatoms. The van der Waals surface area contributed by atoms with Crippen LogP contribution in [0.3, 0.4) is 0 Å². The Kier molecular flexibility index (Phi) is 4.17. The molecule has 118 valence electrons. The molecule has 2 aromatic rings. The third kappa shape index (κ3) is 3.27. The highest BCUT2D eigenvalue weighted by atomic mass is 16.5. The molecule has 0 aliphatic carbocycles. The van der Waals surface area contributed by atoms with Crippen LogP contribution in [-0.4, -0.2) is 22.6 Å². The highest BCUT2D eigenvalue weighted by Crippen LogP contribution is 2.34. The number of carbonyl (C=O) groups excluding carboxylic acids is 1. The zero-order valence-electron chi connectivity index (χ0n) is 12.8. The summed E-state index contributed by atoms with van der Waals surface area (Å²) in [4.78, 5) is 12.1. The molecule has 3 rings (SSSR count). The van der Waals surface area contributed by atoms with Gasteiger partial charge in [0.2, 0.25) is 0 Å². The van der Waals surface area contributed by atoms with Crippen molar-refractivity contribution in [1.82, 2.24) is 0 Å². The smallest absolute Gasteiger partial charge is 0.193 e. The highest BCUT2D eigenvalue weighted by Gasteiger charge is 2.21. The summed E-state index contributed by atoms with van der Waals surface area (Å²) >= 11 is 0. The van der Waals surface area contributed by atoms with E-state index in [1.54, 1.807) is 13.0 Å². The summed E-state index contributed by atoms with van der Waals surface area (Å²) < 4.78 is 5.61. The Labute approximate surface area is 134 Å². The van der Waals surface area contributed by atoms with E-state index < -0.39 is 6.10 Å². The number of aromatic hydroxyl groups is 1. The average molecular weight is 310 g/mol. The van der Waals surface area contributed by atoms with Crippen molar-refractivity contribution in [3.05, 3.63) is 70.8 Å². The fraction of sp³-hybridized carbons (Fsp3) is 0.211. The lowest BCUT2D eigenvalue weighted by Gasteiger charge is -2.14. The molecule has 1 heterocycles. The van der Waals surface area contributed by atoms with Gasteiger partial charge in [-0.3, -0.25) is 4.79 Å². The first-order chi connectivity index (χ1) is 11.0. The van der Waals surface area contributed by atoms with E-state index in [2.05, 4.69) is 0 Å². The van der Waals surface area contributed by atoms with Crippen molar-refractivity contribution in [3.8, 4) is 11.5 Å². The first-order valence-corrected chi connectivity index (χ1v) is 7.48. The first kappa shape index (κ1) is 15.3. The van der Waals surface area contributed by atoms with Gasteiger partial charge in [-0.05, 0) is 41.8 Å². The molecular weight excluding hydrogens is 292 g/mol. The molecular formula is C19H18O4. The lowest BCUT2D eigenvalue weighted by atomic mass is 9.98. The molecule has 1 unspecified atom stereocenters. The van der Waals surface area contributed by atoms with Crippen molar-refractivity contribution in [3.63, 3.8) is 0 Å². The van der Waals surface area contributed by atoms with Gasteiger partial charge in [0.25, 0.3) is 0 Å². The maximum Gasteiger partial charge on any atom is 0.193 e. The number of aliphatic hydroxyl groups excluding tert-OH is 1. The Balaban J connectivity index is 1.89. The largest absolute Gasteiger partial charge is 0.507 e. The van der Waals surface area contributed by atoms with Crippen LogP contribution in [0.1, 0.15) is 34.5 Å². The summed E-state index contributed by atoms with van der Waals surface area (Å²) in [5, 5.41) is 20.5. The normalized spacial score (nSPS) is 15.2. The number of aliphatic hydroxyl groups is 1. The molecule has 0 saturated heterocycles. The summed E-state index contributed by atoms with van der Waals surface area (Å²) in [5.74, 6) is -0.0188. The Morgan fingerprint density at radius 3 is 2.70 bits per heavy atom. The molecule has 0 bridgehead atoms. The molecule has 0 aromatic heterocycles. The second-order valence-corrected chi connectivity index (χ2v) is 5.76. The maximum absolute atomic E-state index is 12.1. The number of ether oxygens (including phenoxy) is 1. The number of ketones is 1. The SMILES string of the molecule is CC1=CC(=O)c2c(O)cc(CC(O)c3ccccc3)cc2OC1. The van der Waals surface area contributed by atoms with Crippen LogP contribution >= 0.6 is 0 Å². The quantitative estimate of drug-likeness (QED) is 0.913. The van der Waals surface area contributed by atoms with Gasteiger partial charge in [0, 0.05) is 6.42 Å². The van der Waals surface area contributed by atoms with E-state index in [4.69, 9.17) is 4.74 Å². The maximum atomic E-state index is 12.1. The fourth-order valence-corrected chi connectivity index (χ4v) is 2.68. The van der Waals surface area contributed by atoms with Crippen LogP contribution in [0.4, 0.5) is 0 Å². The zero-order chi connectivity index (χ0) is 16.4. The van der Waals surface area contributed by atoms with E-state index in [1.165, 1.54) is 12.1 Å². The van der Waals surface area contributed by atoms with Gasteiger partial charge in [-0.2, -0.15) is 0 Å². The van der Waals surface area contributed by atoms with Gasteiger partial charge < -0.3 is 14.9 Å². The van der Waals surface area contributed by atoms with E-state index in [1.807, 2.05) is 30.3 Å². The summed E-state index contributed by atoms with van der Waals surface area (Å²) in [6, 6.07) is 12.5. The van der Waals surface area contributed by atoms with E-state index in [9.17, 15) is 15.0 Å². The molecule has 0 saturated carbocycles. The molecule has 1 aliphatic heterocycles. The molecule has 2 aromatic carbocycles. The standard InChI is InChI=1S/C19H18O4/c1-12-7-16(21)19-17(22)9-13(10-18(19)23-11-12)8-15(20)14-5-3-2-4-6-14/h2-7,9-10,15,20,22H,8,11H2,1H3. The van der Waals surface area contributed by atoms with E-state index in [-0.39, 0.29) is 17.1 Å². The number of rotatable bonds is 3. The molecule has 0 radical (unpaired) electrons. The fourth-order valence-electron chi connectivity index (χ4n) is 2.68. The van der Waals surface area contributed by atoms with Gasteiger partial charge in [0.15, 0.2) is 5.78 Å². The second kappa shape index (κ2) is 6.26. The van der Waals surface area contributed by atoms with Gasteiger partial charge >= 0.3 is 0 Å². The minimum Gasteiger partial charge on any atom is -0.507 e. The Bertz CT molecular complexity index is 762. The van der Waals surface area contributed by atoms with Gasteiger partial charge in [0.1, 0.15) is 23.7 Å². The van der Waals surface area contributed by atoms with Gasteiger partial charge in [-0.15, -0.1) is 0 Å². The van der Waals surface area contributed by atoms with E-state index in [0.717, 1.165) is 11.1 Å². The number of fused-ring (bicyclic) bond motifs is 1. The van der Waals surface area contributed by atoms with Crippen LogP contribution in [-0.2, 0) is 6.42 Å². The molecule has 23 heavy (non-hydrogen) atoms. The number of hydrogen-bond acceptors (Lipinski definition) is 4. The molecule has 1 atom stereocenters. The zero-order valence-corrected chi connectivity index (χ0v) is 12.8. The Hall–Kier alpha value is -2.59. The molecule has 4 nitrogen and oxygen atoms in total. The molecule has 0 spiro atoms. The topological polar surface area (TPSA) is 66.8 Å². The minimum atomic E-state index is -0.685. The third-order valence-electron chi connectivity index (χ3n) is 3.83. The van der Waals surface area contributed by atoms with Crippen molar-refractivity contribution in [1.29, 1.82) is 0 Å². The van der Waals surface area contributed by atoms with Crippen LogP contribution in [0.5, 0.6) is 11.5 Å². The van der Waals surface area contributed by atoms with Crippen LogP contribution in [0.2, 0.25) is 0 Å². The molecule has 0 amide bonds. The van der Waals surface area contributed by atoms with Gasteiger partial charge in [-0.1, -0.05) is 30.3 Å². The Morgan fingerprint density at radius 1 is 1.22 bits per heavy atom. The first-order valence-electron chi connectivity index (χ1n) is 7.48. The highest BCUT2D eigenvalue weighted by molar-refractivity contribution is 6.09.